The summed E-state index contributed by atoms with van der Waals surface area (Å²) in [4.78, 5) is 14.2. The second-order valence-electron chi connectivity index (χ2n) is 5.55. The SMILES string of the molecule is COC(=O)C(CN1CCCc2ccccc21)C(C)C. The Morgan fingerprint density at radius 2 is 2.11 bits per heavy atom. The maximum Gasteiger partial charge on any atom is 0.310 e. The van der Waals surface area contributed by atoms with Crippen LogP contribution in [0.2, 0.25) is 0 Å². The minimum absolute atomic E-state index is 0.0591. The molecule has 1 aromatic carbocycles. The van der Waals surface area contributed by atoms with Gasteiger partial charge in [0, 0.05) is 18.8 Å². The summed E-state index contributed by atoms with van der Waals surface area (Å²) in [7, 11) is 1.47. The minimum Gasteiger partial charge on any atom is -0.469 e. The van der Waals surface area contributed by atoms with Crippen LogP contribution < -0.4 is 4.90 Å². The Labute approximate surface area is 115 Å². The fourth-order valence-electron chi connectivity index (χ4n) is 2.75. The molecule has 0 aliphatic carbocycles. The fourth-order valence-corrected chi connectivity index (χ4v) is 2.75. The Bertz CT molecular complexity index is 442. The molecule has 104 valence electrons. The molecular formula is C16H23NO2. The molecule has 2 rings (SSSR count). The lowest BCUT2D eigenvalue weighted by Crippen LogP contribution is -2.39. The van der Waals surface area contributed by atoms with Crippen molar-refractivity contribution >= 4 is 11.7 Å². The van der Waals surface area contributed by atoms with Crippen molar-refractivity contribution in [2.75, 3.05) is 25.1 Å². The zero-order valence-corrected chi connectivity index (χ0v) is 12.1. The van der Waals surface area contributed by atoms with Crippen LogP contribution in [0.3, 0.4) is 0 Å². The number of anilines is 1. The zero-order chi connectivity index (χ0) is 13.8. The predicted octanol–water partition coefficient (Wildman–Crippen LogP) is 2.88. The number of nitrogens with zero attached hydrogens (tertiary/aromatic N) is 1. The van der Waals surface area contributed by atoms with E-state index in [2.05, 4.69) is 43.0 Å². The lowest BCUT2D eigenvalue weighted by molar-refractivity contribution is -0.146. The van der Waals surface area contributed by atoms with Crippen molar-refractivity contribution < 1.29 is 9.53 Å². The number of hydrogen-bond donors (Lipinski definition) is 0. The van der Waals surface area contributed by atoms with Crippen LogP contribution in [0.15, 0.2) is 24.3 Å². The maximum absolute atomic E-state index is 11.9. The molecule has 0 saturated heterocycles. The number of para-hydroxylation sites is 1. The van der Waals surface area contributed by atoms with E-state index >= 15 is 0 Å². The van der Waals surface area contributed by atoms with Crippen molar-refractivity contribution in [2.45, 2.75) is 26.7 Å². The monoisotopic (exact) mass is 261 g/mol. The van der Waals surface area contributed by atoms with E-state index in [4.69, 9.17) is 4.74 Å². The van der Waals surface area contributed by atoms with Gasteiger partial charge in [-0.15, -0.1) is 0 Å². The van der Waals surface area contributed by atoms with E-state index in [-0.39, 0.29) is 11.9 Å². The largest absolute Gasteiger partial charge is 0.469 e. The molecule has 0 spiro atoms. The highest BCUT2D eigenvalue weighted by Gasteiger charge is 2.27. The van der Waals surface area contributed by atoms with Crippen LogP contribution in [-0.2, 0) is 16.0 Å². The van der Waals surface area contributed by atoms with Gasteiger partial charge in [0.1, 0.15) is 0 Å². The molecule has 0 N–H and O–H groups in total. The van der Waals surface area contributed by atoms with Gasteiger partial charge in [-0.1, -0.05) is 32.0 Å². The fraction of sp³-hybridized carbons (Fsp3) is 0.562. The van der Waals surface area contributed by atoms with Crippen molar-refractivity contribution in [1.82, 2.24) is 0 Å². The molecule has 3 nitrogen and oxygen atoms in total. The first-order valence-corrected chi connectivity index (χ1v) is 7.04. The van der Waals surface area contributed by atoms with E-state index < -0.39 is 0 Å². The molecule has 0 bridgehead atoms. The number of methoxy groups -OCH3 is 1. The van der Waals surface area contributed by atoms with Gasteiger partial charge >= 0.3 is 5.97 Å². The number of ether oxygens (including phenoxy) is 1. The van der Waals surface area contributed by atoms with Gasteiger partial charge < -0.3 is 9.64 Å². The molecular weight excluding hydrogens is 238 g/mol. The molecule has 1 atom stereocenters. The van der Waals surface area contributed by atoms with Gasteiger partial charge in [-0.3, -0.25) is 4.79 Å². The standard InChI is InChI=1S/C16H23NO2/c1-12(2)14(16(18)19-3)11-17-10-6-8-13-7-4-5-9-15(13)17/h4-5,7,9,12,14H,6,8,10-11H2,1-3H3. The molecule has 0 amide bonds. The highest BCUT2D eigenvalue weighted by Crippen LogP contribution is 2.28. The number of carbonyl (C=O) groups excluding carboxylic acids is 1. The van der Waals surface area contributed by atoms with Crippen molar-refractivity contribution in [1.29, 1.82) is 0 Å². The Morgan fingerprint density at radius 1 is 1.37 bits per heavy atom. The van der Waals surface area contributed by atoms with Crippen molar-refractivity contribution in [3.05, 3.63) is 29.8 Å². The number of esters is 1. The van der Waals surface area contributed by atoms with Crippen LogP contribution in [0.5, 0.6) is 0 Å². The number of benzene rings is 1. The average Bonchev–Trinajstić information content (AvgIpc) is 2.43. The predicted molar refractivity (Wildman–Crippen MR) is 77.3 cm³/mol. The van der Waals surface area contributed by atoms with Gasteiger partial charge in [0.05, 0.1) is 13.0 Å². The van der Waals surface area contributed by atoms with Crippen LogP contribution in [0.1, 0.15) is 25.8 Å². The third kappa shape index (κ3) is 3.09. The van der Waals surface area contributed by atoms with Gasteiger partial charge in [-0.2, -0.15) is 0 Å². The van der Waals surface area contributed by atoms with Gasteiger partial charge in [0.2, 0.25) is 0 Å². The molecule has 1 heterocycles. The van der Waals surface area contributed by atoms with E-state index in [1.165, 1.54) is 18.4 Å². The summed E-state index contributed by atoms with van der Waals surface area (Å²) in [6.07, 6.45) is 2.29. The summed E-state index contributed by atoms with van der Waals surface area (Å²) in [5, 5.41) is 0. The van der Waals surface area contributed by atoms with Gasteiger partial charge in [-0.05, 0) is 30.4 Å². The first-order valence-electron chi connectivity index (χ1n) is 7.04. The Balaban J connectivity index is 2.17. The van der Waals surface area contributed by atoms with Crippen LogP contribution in [0.25, 0.3) is 0 Å². The Hall–Kier alpha value is -1.51. The Morgan fingerprint density at radius 3 is 2.79 bits per heavy atom. The highest BCUT2D eigenvalue weighted by atomic mass is 16.5. The van der Waals surface area contributed by atoms with Crippen LogP contribution in [-0.4, -0.2) is 26.2 Å². The summed E-state index contributed by atoms with van der Waals surface area (Å²) in [6, 6.07) is 8.50. The number of fused-ring (bicyclic) bond motifs is 1. The number of carbonyl (C=O) groups is 1. The smallest absolute Gasteiger partial charge is 0.310 e. The van der Waals surface area contributed by atoms with E-state index in [0.29, 0.717) is 5.92 Å². The van der Waals surface area contributed by atoms with E-state index in [1.54, 1.807) is 0 Å². The summed E-state index contributed by atoms with van der Waals surface area (Å²) in [5.74, 6) is 0.135. The second kappa shape index (κ2) is 6.09. The number of aryl methyl sites for hydroxylation is 1. The van der Waals surface area contributed by atoms with Crippen LogP contribution >= 0.6 is 0 Å². The molecule has 0 aromatic heterocycles. The van der Waals surface area contributed by atoms with Crippen LogP contribution in [0.4, 0.5) is 5.69 Å². The normalized spacial score (nSPS) is 16.1. The maximum atomic E-state index is 11.9. The molecule has 1 aliphatic rings. The van der Waals surface area contributed by atoms with E-state index in [0.717, 1.165) is 25.9 Å². The molecule has 0 saturated carbocycles. The Kier molecular flexibility index (Phi) is 4.46. The summed E-state index contributed by atoms with van der Waals surface area (Å²) in [6.45, 7) is 5.94. The molecule has 0 radical (unpaired) electrons. The van der Waals surface area contributed by atoms with E-state index in [9.17, 15) is 4.79 Å². The highest BCUT2D eigenvalue weighted by molar-refractivity contribution is 5.73. The van der Waals surface area contributed by atoms with Crippen molar-refractivity contribution in [2.24, 2.45) is 11.8 Å². The lowest BCUT2D eigenvalue weighted by atomic mass is 9.93. The first kappa shape index (κ1) is 13.9. The van der Waals surface area contributed by atoms with Crippen LogP contribution in [0, 0.1) is 11.8 Å². The molecule has 1 aliphatic heterocycles. The number of hydrogen-bond acceptors (Lipinski definition) is 3. The summed E-state index contributed by atoms with van der Waals surface area (Å²) in [5.41, 5.74) is 2.67. The average molecular weight is 261 g/mol. The van der Waals surface area contributed by atoms with Crippen molar-refractivity contribution in [3.63, 3.8) is 0 Å². The summed E-state index contributed by atoms with van der Waals surface area (Å²) < 4.78 is 4.94. The van der Waals surface area contributed by atoms with Gasteiger partial charge in [-0.25, -0.2) is 0 Å². The molecule has 1 aromatic rings. The summed E-state index contributed by atoms with van der Waals surface area (Å²) >= 11 is 0. The quantitative estimate of drug-likeness (QED) is 0.781. The lowest BCUT2D eigenvalue weighted by Gasteiger charge is -2.34. The topological polar surface area (TPSA) is 29.5 Å². The molecule has 0 fully saturated rings. The third-order valence-corrected chi connectivity index (χ3v) is 3.93. The molecule has 3 heteroatoms. The molecule has 19 heavy (non-hydrogen) atoms. The first-order chi connectivity index (χ1) is 9.13. The van der Waals surface area contributed by atoms with Gasteiger partial charge in [0.15, 0.2) is 0 Å². The number of rotatable bonds is 4. The van der Waals surface area contributed by atoms with E-state index in [1.807, 2.05) is 0 Å². The van der Waals surface area contributed by atoms with Crippen molar-refractivity contribution in [3.8, 4) is 0 Å². The molecule has 1 unspecified atom stereocenters. The van der Waals surface area contributed by atoms with Gasteiger partial charge in [0.25, 0.3) is 0 Å². The second-order valence-corrected chi connectivity index (χ2v) is 5.55. The zero-order valence-electron chi connectivity index (χ0n) is 12.1. The third-order valence-electron chi connectivity index (χ3n) is 3.93. The minimum atomic E-state index is -0.0990.